The maximum absolute atomic E-state index is 9.95. The van der Waals surface area contributed by atoms with Gasteiger partial charge in [0.2, 0.25) is 0 Å². The number of aliphatic hydroxyl groups excluding tert-OH is 1. The van der Waals surface area contributed by atoms with E-state index in [4.69, 9.17) is 4.43 Å². The van der Waals surface area contributed by atoms with Crippen molar-refractivity contribution >= 4 is 8.32 Å². The molecule has 0 aromatic rings. The first kappa shape index (κ1) is 16.9. The van der Waals surface area contributed by atoms with Gasteiger partial charge in [-0.05, 0) is 31.5 Å². The summed E-state index contributed by atoms with van der Waals surface area (Å²) in [6.07, 6.45) is 2.13. The highest BCUT2D eigenvalue weighted by Gasteiger charge is 2.39. The zero-order valence-corrected chi connectivity index (χ0v) is 13.6. The molecule has 17 heavy (non-hydrogen) atoms. The van der Waals surface area contributed by atoms with Crippen molar-refractivity contribution in [1.82, 2.24) is 0 Å². The molecular weight excluding hydrogens is 228 g/mol. The van der Waals surface area contributed by atoms with Gasteiger partial charge >= 0.3 is 0 Å². The summed E-state index contributed by atoms with van der Waals surface area (Å²) in [7, 11) is -1.74. The van der Waals surface area contributed by atoms with E-state index in [2.05, 4.69) is 47.4 Å². The van der Waals surface area contributed by atoms with Crippen LogP contribution in [-0.2, 0) is 4.43 Å². The third-order valence-electron chi connectivity index (χ3n) is 4.04. The second-order valence-corrected chi connectivity index (χ2v) is 11.3. The fraction of sp³-hybridized carbons (Fsp3) is 0.857. The Balaban J connectivity index is 4.53. The molecule has 0 heterocycles. The number of hydrogen-bond donors (Lipinski definition) is 1. The van der Waals surface area contributed by atoms with Gasteiger partial charge in [0.05, 0.1) is 6.10 Å². The van der Waals surface area contributed by atoms with E-state index in [1.807, 2.05) is 6.92 Å². The van der Waals surface area contributed by atoms with Crippen LogP contribution in [0.3, 0.4) is 0 Å². The molecular formula is C14H30O2Si. The van der Waals surface area contributed by atoms with Gasteiger partial charge in [0.25, 0.3) is 0 Å². The van der Waals surface area contributed by atoms with Gasteiger partial charge in [-0.1, -0.05) is 33.8 Å². The summed E-state index contributed by atoms with van der Waals surface area (Å²) in [5.74, 6) is 0.141. The normalized spacial score (nSPS) is 18.6. The SMILES string of the molecule is C=CC[C@H](O)[C@@H](C)[C@H](C)O[Si](C)(C)C(C)(C)C. The average molecular weight is 258 g/mol. The highest BCUT2D eigenvalue weighted by atomic mass is 28.4. The molecule has 0 aromatic heterocycles. The van der Waals surface area contributed by atoms with Crippen LogP contribution in [0.15, 0.2) is 12.7 Å². The first-order valence-electron chi connectivity index (χ1n) is 6.49. The third kappa shape index (κ3) is 4.94. The fourth-order valence-electron chi connectivity index (χ4n) is 1.45. The third-order valence-corrected chi connectivity index (χ3v) is 8.62. The summed E-state index contributed by atoms with van der Waals surface area (Å²) in [5.41, 5.74) is 0. The molecule has 0 unspecified atom stereocenters. The van der Waals surface area contributed by atoms with Crippen LogP contribution in [0.1, 0.15) is 41.0 Å². The Labute approximate surface area is 108 Å². The quantitative estimate of drug-likeness (QED) is 0.577. The molecule has 0 bridgehead atoms. The lowest BCUT2D eigenvalue weighted by Gasteiger charge is -2.40. The summed E-state index contributed by atoms with van der Waals surface area (Å²) >= 11 is 0. The Morgan fingerprint density at radius 3 is 2.12 bits per heavy atom. The lowest BCUT2D eigenvalue weighted by Crippen LogP contribution is -2.46. The smallest absolute Gasteiger partial charge is 0.192 e. The van der Waals surface area contributed by atoms with E-state index in [0.29, 0.717) is 6.42 Å². The van der Waals surface area contributed by atoms with E-state index in [0.717, 1.165) is 0 Å². The molecule has 3 heteroatoms. The van der Waals surface area contributed by atoms with Crippen molar-refractivity contribution in [3.05, 3.63) is 12.7 Å². The standard InChI is InChI=1S/C14H30O2Si/c1-9-10-13(15)11(2)12(3)16-17(7,8)14(4,5)6/h9,11-13,15H,1,10H2,2-8H3/t11-,12-,13-/m0/s1. The molecule has 0 aliphatic carbocycles. The maximum atomic E-state index is 9.95. The van der Waals surface area contributed by atoms with E-state index in [1.165, 1.54) is 0 Å². The first-order chi connectivity index (χ1) is 7.53. The van der Waals surface area contributed by atoms with Gasteiger partial charge < -0.3 is 9.53 Å². The second kappa shape index (κ2) is 6.16. The van der Waals surface area contributed by atoms with Gasteiger partial charge in [-0.3, -0.25) is 0 Å². The molecule has 3 atom stereocenters. The van der Waals surface area contributed by atoms with E-state index in [9.17, 15) is 5.11 Å². The number of hydrogen-bond acceptors (Lipinski definition) is 2. The van der Waals surface area contributed by atoms with E-state index >= 15 is 0 Å². The Morgan fingerprint density at radius 2 is 1.76 bits per heavy atom. The van der Waals surface area contributed by atoms with Crippen molar-refractivity contribution in [2.24, 2.45) is 5.92 Å². The molecule has 0 aliphatic heterocycles. The topological polar surface area (TPSA) is 29.5 Å². The van der Waals surface area contributed by atoms with E-state index < -0.39 is 8.32 Å². The van der Waals surface area contributed by atoms with Gasteiger partial charge in [-0.15, -0.1) is 6.58 Å². The Morgan fingerprint density at radius 1 is 1.29 bits per heavy atom. The van der Waals surface area contributed by atoms with Crippen LogP contribution in [0.2, 0.25) is 18.1 Å². The van der Waals surface area contributed by atoms with Crippen molar-refractivity contribution in [2.75, 3.05) is 0 Å². The monoisotopic (exact) mass is 258 g/mol. The van der Waals surface area contributed by atoms with Crippen LogP contribution < -0.4 is 0 Å². The predicted molar refractivity (Wildman–Crippen MR) is 77.7 cm³/mol. The molecule has 0 radical (unpaired) electrons. The molecule has 0 aliphatic rings. The minimum atomic E-state index is -1.74. The maximum Gasteiger partial charge on any atom is 0.192 e. The van der Waals surface area contributed by atoms with Crippen molar-refractivity contribution in [3.8, 4) is 0 Å². The zero-order valence-electron chi connectivity index (χ0n) is 12.6. The van der Waals surface area contributed by atoms with E-state index in [1.54, 1.807) is 6.08 Å². The van der Waals surface area contributed by atoms with Crippen LogP contribution in [-0.4, -0.2) is 25.6 Å². The largest absolute Gasteiger partial charge is 0.414 e. The molecule has 0 saturated carbocycles. The first-order valence-corrected chi connectivity index (χ1v) is 9.40. The van der Waals surface area contributed by atoms with Crippen LogP contribution in [0.5, 0.6) is 0 Å². The second-order valence-electron chi connectivity index (χ2n) is 6.53. The molecule has 2 nitrogen and oxygen atoms in total. The lowest BCUT2D eigenvalue weighted by molar-refractivity contribution is 0.0392. The summed E-state index contributed by atoms with van der Waals surface area (Å²) in [6.45, 7) is 19.0. The van der Waals surface area contributed by atoms with E-state index in [-0.39, 0.29) is 23.2 Å². The predicted octanol–water partition coefficient (Wildman–Crippen LogP) is 3.97. The van der Waals surface area contributed by atoms with Crippen LogP contribution in [0.4, 0.5) is 0 Å². The van der Waals surface area contributed by atoms with Crippen molar-refractivity contribution in [2.45, 2.75) is 71.4 Å². The average Bonchev–Trinajstić information content (AvgIpc) is 2.14. The lowest BCUT2D eigenvalue weighted by atomic mass is 9.97. The highest BCUT2D eigenvalue weighted by molar-refractivity contribution is 6.74. The van der Waals surface area contributed by atoms with Gasteiger partial charge in [-0.2, -0.15) is 0 Å². The number of aliphatic hydroxyl groups is 1. The summed E-state index contributed by atoms with van der Waals surface area (Å²) in [6, 6.07) is 0. The Bertz CT molecular complexity index is 243. The summed E-state index contributed by atoms with van der Waals surface area (Å²) in [4.78, 5) is 0. The van der Waals surface area contributed by atoms with Gasteiger partial charge in [0.15, 0.2) is 8.32 Å². The van der Waals surface area contributed by atoms with Gasteiger partial charge in [-0.25, -0.2) is 0 Å². The van der Waals surface area contributed by atoms with Crippen LogP contribution in [0, 0.1) is 5.92 Å². The zero-order chi connectivity index (χ0) is 13.9. The number of rotatable bonds is 6. The van der Waals surface area contributed by atoms with Crippen molar-refractivity contribution in [3.63, 3.8) is 0 Å². The molecule has 0 aromatic carbocycles. The summed E-state index contributed by atoms with van der Waals surface area (Å²) < 4.78 is 6.28. The molecule has 0 fully saturated rings. The highest BCUT2D eigenvalue weighted by Crippen LogP contribution is 2.38. The van der Waals surface area contributed by atoms with Gasteiger partial charge in [0.1, 0.15) is 0 Å². The Hall–Kier alpha value is -0.123. The molecule has 102 valence electrons. The Kier molecular flexibility index (Phi) is 6.12. The molecule has 0 amide bonds. The molecule has 0 spiro atoms. The van der Waals surface area contributed by atoms with Crippen molar-refractivity contribution < 1.29 is 9.53 Å². The minimum Gasteiger partial charge on any atom is -0.414 e. The fourth-order valence-corrected chi connectivity index (χ4v) is 2.94. The van der Waals surface area contributed by atoms with Crippen LogP contribution >= 0.6 is 0 Å². The molecule has 0 saturated heterocycles. The van der Waals surface area contributed by atoms with Crippen molar-refractivity contribution in [1.29, 1.82) is 0 Å². The molecule has 0 rings (SSSR count). The molecule has 1 N–H and O–H groups in total. The van der Waals surface area contributed by atoms with Gasteiger partial charge in [0, 0.05) is 12.0 Å². The van der Waals surface area contributed by atoms with Crippen LogP contribution in [0.25, 0.3) is 0 Å². The summed E-state index contributed by atoms with van der Waals surface area (Å²) in [5, 5.41) is 10.2. The minimum absolute atomic E-state index is 0.0887.